The highest BCUT2D eigenvalue weighted by Crippen LogP contribution is 2.31. The topological polar surface area (TPSA) is 49.4 Å². The van der Waals surface area contributed by atoms with Crippen LogP contribution in [-0.4, -0.2) is 18.4 Å². The lowest BCUT2D eigenvalue weighted by Crippen LogP contribution is -2.33. The summed E-state index contributed by atoms with van der Waals surface area (Å²) in [6.07, 6.45) is 0.127. The molecule has 5 heteroatoms. The smallest absolute Gasteiger partial charge is 0.226 e. The highest BCUT2D eigenvalue weighted by Gasteiger charge is 2.20. The molecule has 0 saturated heterocycles. The number of nitrogens with zero attached hydrogens (tertiary/aromatic N) is 1. The van der Waals surface area contributed by atoms with E-state index in [0.717, 1.165) is 16.8 Å². The Bertz CT molecular complexity index is 802. The van der Waals surface area contributed by atoms with Crippen molar-refractivity contribution in [1.29, 1.82) is 0 Å². The maximum Gasteiger partial charge on any atom is 0.226 e. The van der Waals surface area contributed by atoms with Gasteiger partial charge in [-0.05, 0) is 42.2 Å². The van der Waals surface area contributed by atoms with Gasteiger partial charge in [0.2, 0.25) is 11.8 Å². The molecule has 0 bridgehead atoms. The average Bonchev–Trinajstić information content (AvgIpc) is 2.55. The average molecular weight is 356 g/mol. The Kier molecular flexibility index (Phi) is 6.50. The molecule has 1 N–H and O–H groups in total. The second-order valence-corrected chi connectivity index (χ2v) is 6.65. The first-order chi connectivity index (χ1) is 12.3. The fourth-order valence-electron chi connectivity index (χ4n) is 2.95. The molecule has 0 aliphatic rings. The summed E-state index contributed by atoms with van der Waals surface area (Å²) in [5.41, 5.74) is 3.35. The molecule has 2 aromatic rings. The van der Waals surface area contributed by atoms with Gasteiger partial charge in [-0.1, -0.05) is 38.1 Å². The van der Waals surface area contributed by atoms with E-state index in [1.54, 1.807) is 11.0 Å². The lowest BCUT2D eigenvalue weighted by Gasteiger charge is -2.27. The molecule has 0 aliphatic heterocycles. The van der Waals surface area contributed by atoms with Gasteiger partial charge in [-0.2, -0.15) is 0 Å². The number of benzene rings is 2. The predicted octanol–water partition coefficient (Wildman–Crippen LogP) is 4.64. The summed E-state index contributed by atoms with van der Waals surface area (Å²) in [5, 5.41) is 2.66. The number of rotatable bonds is 6. The third kappa shape index (κ3) is 4.91. The minimum absolute atomic E-state index is 0.111. The van der Waals surface area contributed by atoms with Crippen molar-refractivity contribution in [2.24, 2.45) is 0 Å². The van der Waals surface area contributed by atoms with E-state index in [4.69, 9.17) is 0 Å². The first kappa shape index (κ1) is 19.6. The molecule has 2 amide bonds. The molecule has 138 valence electrons. The first-order valence-electron chi connectivity index (χ1n) is 8.72. The third-order valence-electron chi connectivity index (χ3n) is 4.21. The van der Waals surface area contributed by atoms with Crippen LogP contribution in [0.25, 0.3) is 0 Å². The van der Waals surface area contributed by atoms with Crippen molar-refractivity contribution in [3.8, 4) is 0 Å². The van der Waals surface area contributed by atoms with Crippen LogP contribution >= 0.6 is 0 Å². The van der Waals surface area contributed by atoms with E-state index in [2.05, 4.69) is 19.2 Å². The summed E-state index contributed by atoms with van der Waals surface area (Å²) in [6, 6.07) is 11.7. The van der Waals surface area contributed by atoms with Crippen molar-refractivity contribution in [2.75, 3.05) is 16.8 Å². The maximum atomic E-state index is 13.2. The summed E-state index contributed by atoms with van der Waals surface area (Å²) in [7, 11) is 0. The van der Waals surface area contributed by atoms with E-state index < -0.39 is 5.82 Å². The van der Waals surface area contributed by atoms with Gasteiger partial charge in [0.05, 0.1) is 0 Å². The lowest BCUT2D eigenvalue weighted by atomic mass is 9.97. The summed E-state index contributed by atoms with van der Waals surface area (Å²) in [4.78, 5) is 26.1. The number of halogens is 1. The molecule has 4 nitrogen and oxygen atoms in total. The Balaban J connectivity index is 2.15. The van der Waals surface area contributed by atoms with E-state index in [1.807, 2.05) is 25.1 Å². The van der Waals surface area contributed by atoms with Gasteiger partial charge in [-0.3, -0.25) is 9.59 Å². The predicted molar refractivity (Wildman–Crippen MR) is 103 cm³/mol. The van der Waals surface area contributed by atoms with E-state index in [-0.39, 0.29) is 30.7 Å². The molecule has 0 spiro atoms. The number of nitrogens with one attached hydrogen (secondary N) is 1. The van der Waals surface area contributed by atoms with E-state index >= 15 is 0 Å². The van der Waals surface area contributed by atoms with Crippen LogP contribution in [0.1, 0.15) is 44.2 Å². The van der Waals surface area contributed by atoms with Crippen LogP contribution < -0.4 is 10.2 Å². The Morgan fingerprint density at radius 2 is 1.85 bits per heavy atom. The Morgan fingerprint density at radius 1 is 1.15 bits per heavy atom. The van der Waals surface area contributed by atoms with E-state index in [1.165, 1.54) is 25.1 Å². The molecule has 0 unspecified atom stereocenters. The highest BCUT2D eigenvalue weighted by molar-refractivity contribution is 5.96. The van der Waals surface area contributed by atoms with Crippen molar-refractivity contribution in [2.45, 2.75) is 40.0 Å². The maximum absolute atomic E-state index is 13.2. The summed E-state index contributed by atoms with van der Waals surface area (Å²) in [6.45, 7) is 7.88. The quantitative estimate of drug-likeness (QED) is 0.820. The van der Waals surface area contributed by atoms with Gasteiger partial charge in [0.1, 0.15) is 5.82 Å². The Labute approximate surface area is 154 Å². The molecule has 0 saturated carbocycles. The molecular weight excluding hydrogens is 331 g/mol. The zero-order valence-electron chi connectivity index (χ0n) is 15.7. The molecule has 2 rings (SSSR count). The number of anilines is 2. The van der Waals surface area contributed by atoms with Crippen molar-refractivity contribution < 1.29 is 14.0 Å². The van der Waals surface area contributed by atoms with Crippen LogP contribution in [0.5, 0.6) is 0 Å². The zero-order valence-corrected chi connectivity index (χ0v) is 15.7. The van der Waals surface area contributed by atoms with Gasteiger partial charge >= 0.3 is 0 Å². The van der Waals surface area contributed by atoms with Gasteiger partial charge in [-0.15, -0.1) is 0 Å². The molecule has 0 aromatic heterocycles. The lowest BCUT2D eigenvalue weighted by molar-refractivity contribution is -0.117. The highest BCUT2D eigenvalue weighted by atomic mass is 19.1. The van der Waals surface area contributed by atoms with Gasteiger partial charge < -0.3 is 10.2 Å². The molecular formula is C21H25FN2O2. The SMILES string of the molecule is CC(=O)N(CCC(=O)Nc1cccc(F)c1)c1c(C)cccc1C(C)C. The molecule has 2 aromatic carbocycles. The van der Waals surface area contributed by atoms with Crippen molar-refractivity contribution in [1.82, 2.24) is 0 Å². The van der Waals surface area contributed by atoms with Crippen LogP contribution in [0.4, 0.5) is 15.8 Å². The monoisotopic (exact) mass is 356 g/mol. The Morgan fingerprint density at radius 3 is 2.46 bits per heavy atom. The Hall–Kier alpha value is -2.69. The number of carbonyl (C=O) groups excluding carboxylic acids is 2. The van der Waals surface area contributed by atoms with Crippen LogP contribution in [0, 0.1) is 12.7 Å². The van der Waals surface area contributed by atoms with Gasteiger partial charge in [0.25, 0.3) is 0 Å². The van der Waals surface area contributed by atoms with Crippen LogP contribution in [-0.2, 0) is 9.59 Å². The van der Waals surface area contributed by atoms with Crippen LogP contribution in [0.15, 0.2) is 42.5 Å². The molecule has 0 fully saturated rings. The fraction of sp³-hybridized carbons (Fsp3) is 0.333. The number of aryl methyl sites for hydroxylation is 1. The number of para-hydroxylation sites is 1. The zero-order chi connectivity index (χ0) is 19.3. The minimum atomic E-state index is -0.408. The summed E-state index contributed by atoms with van der Waals surface area (Å²) < 4.78 is 13.2. The second kappa shape index (κ2) is 8.61. The number of amides is 2. The second-order valence-electron chi connectivity index (χ2n) is 6.65. The van der Waals surface area contributed by atoms with Gasteiger partial charge in [0, 0.05) is 31.3 Å². The number of hydrogen-bond donors (Lipinski definition) is 1. The third-order valence-corrected chi connectivity index (χ3v) is 4.21. The number of hydrogen-bond acceptors (Lipinski definition) is 2. The largest absolute Gasteiger partial charge is 0.326 e. The van der Waals surface area contributed by atoms with Crippen molar-refractivity contribution >= 4 is 23.2 Å². The summed E-state index contributed by atoms with van der Waals surface area (Å²) >= 11 is 0. The molecule has 0 heterocycles. The first-order valence-corrected chi connectivity index (χ1v) is 8.72. The van der Waals surface area contributed by atoms with E-state index in [9.17, 15) is 14.0 Å². The molecule has 0 radical (unpaired) electrons. The van der Waals surface area contributed by atoms with Gasteiger partial charge in [0.15, 0.2) is 0 Å². The van der Waals surface area contributed by atoms with Gasteiger partial charge in [-0.25, -0.2) is 4.39 Å². The number of carbonyl (C=O) groups is 2. The fourth-order valence-corrected chi connectivity index (χ4v) is 2.95. The standard InChI is InChI=1S/C21H25FN2O2/c1-14(2)19-10-5-7-15(3)21(19)24(16(4)25)12-11-20(26)23-18-9-6-8-17(22)13-18/h5-10,13-14H,11-12H2,1-4H3,(H,23,26). The van der Waals surface area contributed by atoms with Crippen LogP contribution in [0.3, 0.4) is 0 Å². The van der Waals surface area contributed by atoms with Crippen LogP contribution in [0.2, 0.25) is 0 Å². The normalized spacial score (nSPS) is 10.7. The minimum Gasteiger partial charge on any atom is -0.326 e. The molecule has 26 heavy (non-hydrogen) atoms. The van der Waals surface area contributed by atoms with E-state index in [0.29, 0.717) is 5.69 Å². The van der Waals surface area contributed by atoms with Crippen molar-refractivity contribution in [3.05, 3.63) is 59.4 Å². The summed E-state index contributed by atoms with van der Waals surface area (Å²) in [5.74, 6) is -0.524. The molecule has 0 aliphatic carbocycles. The van der Waals surface area contributed by atoms with Crippen molar-refractivity contribution in [3.63, 3.8) is 0 Å². The molecule has 0 atom stereocenters.